The minimum absolute atomic E-state index is 0.0501. The third-order valence-electron chi connectivity index (χ3n) is 4.80. The molecule has 0 atom stereocenters. The van der Waals surface area contributed by atoms with Gasteiger partial charge in [-0.05, 0) is 52.6 Å². The standard InChI is InChI=1S/C24H22N2O4S2/c27-24(25-12-13-30-21-11-10-18-5-1-2-6-19(18)15-21)20-7-3-9-23(16-20)32(28,29)26-17-22-8-4-14-31-22/h1-11,14-16,26H,12-13,17H2,(H,25,27). The van der Waals surface area contributed by atoms with E-state index in [4.69, 9.17) is 4.74 Å². The number of nitrogens with one attached hydrogen (secondary N) is 2. The maximum atomic E-state index is 12.6. The first-order valence-corrected chi connectivity index (χ1v) is 12.4. The summed E-state index contributed by atoms with van der Waals surface area (Å²) in [6, 6.07) is 23.5. The van der Waals surface area contributed by atoms with Crippen LogP contribution in [0.15, 0.2) is 89.1 Å². The molecule has 2 N–H and O–H groups in total. The average Bonchev–Trinajstić information content (AvgIpc) is 3.34. The largest absolute Gasteiger partial charge is 0.492 e. The van der Waals surface area contributed by atoms with Gasteiger partial charge in [-0.1, -0.05) is 42.5 Å². The minimum Gasteiger partial charge on any atom is -0.492 e. The van der Waals surface area contributed by atoms with Crippen LogP contribution in [-0.2, 0) is 16.6 Å². The van der Waals surface area contributed by atoms with Gasteiger partial charge in [-0.2, -0.15) is 0 Å². The lowest BCUT2D eigenvalue weighted by atomic mass is 10.1. The van der Waals surface area contributed by atoms with Crippen molar-refractivity contribution in [2.75, 3.05) is 13.2 Å². The van der Waals surface area contributed by atoms with Crippen LogP contribution in [0.3, 0.4) is 0 Å². The van der Waals surface area contributed by atoms with Crippen LogP contribution in [0, 0.1) is 0 Å². The first-order chi connectivity index (χ1) is 15.5. The van der Waals surface area contributed by atoms with Crippen molar-refractivity contribution < 1.29 is 17.9 Å². The Hall–Kier alpha value is -3.20. The van der Waals surface area contributed by atoms with Crippen molar-refractivity contribution >= 4 is 38.0 Å². The van der Waals surface area contributed by atoms with Gasteiger partial charge in [-0.25, -0.2) is 13.1 Å². The molecule has 8 heteroatoms. The maximum Gasteiger partial charge on any atom is 0.251 e. The molecule has 4 aromatic rings. The average molecular weight is 467 g/mol. The van der Waals surface area contributed by atoms with Crippen LogP contribution in [0.25, 0.3) is 10.8 Å². The summed E-state index contributed by atoms with van der Waals surface area (Å²) < 4.78 is 33.4. The molecule has 0 unspecified atom stereocenters. The van der Waals surface area contributed by atoms with Gasteiger partial charge in [-0.3, -0.25) is 4.79 Å². The highest BCUT2D eigenvalue weighted by Gasteiger charge is 2.16. The first-order valence-electron chi connectivity index (χ1n) is 10.0. The predicted molar refractivity (Wildman–Crippen MR) is 127 cm³/mol. The van der Waals surface area contributed by atoms with E-state index < -0.39 is 10.0 Å². The summed E-state index contributed by atoms with van der Waals surface area (Å²) in [5.41, 5.74) is 0.273. The summed E-state index contributed by atoms with van der Waals surface area (Å²) >= 11 is 1.47. The van der Waals surface area contributed by atoms with E-state index in [0.29, 0.717) is 13.2 Å². The van der Waals surface area contributed by atoms with Crippen molar-refractivity contribution in [2.24, 2.45) is 0 Å². The van der Waals surface area contributed by atoms with Crippen LogP contribution in [0.4, 0.5) is 0 Å². The number of amides is 1. The van der Waals surface area contributed by atoms with Gasteiger partial charge in [-0.15, -0.1) is 11.3 Å². The molecule has 1 aromatic heterocycles. The summed E-state index contributed by atoms with van der Waals surface area (Å²) in [5.74, 6) is 0.366. The highest BCUT2D eigenvalue weighted by molar-refractivity contribution is 7.89. The van der Waals surface area contributed by atoms with Crippen LogP contribution < -0.4 is 14.8 Å². The maximum absolute atomic E-state index is 12.6. The number of carbonyl (C=O) groups excluding carboxylic acids is 1. The lowest BCUT2D eigenvalue weighted by Crippen LogP contribution is -2.28. The number of carbonyl (C=O) groups is 1. The normalized spacial score (nSPS) is 11.4. The molecule has 0 aliphatic rings. The molecule has 0 bridgehead atoms. The van der Waals surface area contributed by atoms with E-state index in [1.54, 1.807) is 12.1 Å². The summed E-state index contributed by atoms with van der Waals surface area (Å²) in [7, 11) is -3.72. The van der Waals surface area contributed by atoms with Gasteiger partial charge in [0.2, 0.25) is 10.0 Å². The zero-order chi connectivity index (χ0) is 22.4. The quantitative estimate of drug-likeness (QED) is 0.362. The summed E-state index contributed by atoms with van der Waals surface area (Å²) in [5, 5.41) is 6.86. The van der Waals surface area contributed by atoms with Crippen molar-refractivity contribution in [3.63, 3.8) is 0 Å². The van der Waals surface area contributed by atoms with Crippen LogP contribution in [0.2, 0.25) is 0 Å². The fraction of sp³-hybridized carbons (Fsp3) is 0.125. The molecule has 3 aromatic carbocycles. The van der Waals surface area contributed by atoms with Gasteiger partial charge < -0.3 is 10.1 Å². The molecule has 0 radical (unpaired) electrons. The second-order valence-electron chi connectivity index (χ2n) is 7.05. The van der Waals surface area contributed by atoms with E-state index in [9.17, 15) is 13.2 Å². The fourth-order valence-electron chi connectivity index (χ4n) is 3.16. The number of sulfonamides is 1. The molecule has 0 saturated carbocycles. The number of fused-ring (bicyclic) bond motifs is 1. The number of hydrogen-bond acceptors (Lipinski definition) is 5. The molecule has 164 valence electrons. The van der Waals surface area contributed by atoms with E-state index in [1.165, 1.54) is 23.5 Å². The number of ether oxygens (including phenoxy) is 1. The number of hydrogen-bond donors (Lipinski definition) is 2. The van der Waals surface area contributed by atoms with Crippen molar-refractivity contribution in [2.45, 2.75) is 11.4 Å². The Morgan fingerprint density at radius 2 is 1.75 bits per heavy atom. The van der Waals surface area contributed by atoms with E-state index in [-0.39, 0.29) is 22.9 Å². The zero-order valence-electron chi connectivity index (χ0n) is 17.2. The molecule has 0 spiro atoms. The molecule has 1 heterocycles. The Morgan fingerprint density at radius 1 is 0.906 bits per heavy atom. The third-order valence-corrected chi connectivity index (χ3v) is 7.08. The smallest absolute Gasteiger partial charge is 0.251 e. The molecule has 0 aliphatic carbocycles. The van der Waals surface area contributed by atoms with Crippen LogP contribution in [0.1, 0.15) is 15.2 Å². The second kappa shape index (κ2) is 9.95. The first kappa shape index (κ1) is 22.0. The molecule has 0 fully saturated rings. The summed E-state index contributed by atoms with van der Waals surface area (Å²) in [4.78, 5) is 13.4. The van der Waals surface area contributed by atoms with Gasteiger partial charge >= 0.3 is 0 Å². The highest BCUT2D eigenvalue weighted by Crippen LogP contribution is 2.20. The molecule has 1 amide bonds. The molecular formula is C24H22N2O4S2. The lowest BCUT2D eigenvalue weighted by molar-refractivity contribution is 0.0947. The summed E-state index contributed by atoms with van der Waals surface area (Å²) in [6.07, 6.45) is 0. The molecule has 0 aliphatic heterocycles. The van der Waals surface area contributed by atoms with Crippen LogP contribution >= 0.6 is 11.3 Å². The zero-order valence-corrected chi connectivity index (χ0v) is 18.8. The fourth-order valence-corrected chi connectivity index (χ4v) is 4.95. The topological polar surface area (TPSA) is 84.5 Å². The van der Waals surface area contributed by atoms with Crippen molar-refractivity contribution in [3.8, 4) is 5.75 Å². The second-order valence-corrected chi connectivity index (χ2v) is 9.84. The predicted octanol–water partition coefficient (Wildman–Crippen LogP) is 4.19. The van der Waals surface area contributed by atoms with Gasteiger partial charge in [0.05, 0.1) is 11.4 Å². The third kappa shape index (κ3) is 5.53. The Labute approximate surface area is 190 Å². The van der Waals surface area contributed by atoms with Crippen LogP contribution in [-0.4, -0.2) is 27.5 Å². The van der Waals surface area contributed by atoms with Crippen molar-refractivity contribution in [3.05, 3.63) is 94.7 Å². The van der Waals surface area contributed by atoms with Crippen molar-refractivity contribution in [1.82, 2.24) is 10.0 Å². The molecule has 32 heavy (non-hydrogen) atoms. The van der Waals surface area contributed by atoms with Gasteiger partial charge in [0, 0.05) is 17.0 Å². The molecule has 0 saturated heterocycles. The van der Waals surface area contributed by atoms with Gasteiger partial charge in [0.25, 0.3) is 5.91 Å². The van der Waals surface area contributed by atoms with Crippen LogP contribution in [0.5, 0.6) is 5.75 Å². The Bertz CT molecular complexity index is 1320. The highest BCUT2D eigenvalue weighted by atomic mass is 32.2. The van der Waals surface area contributed by atoms with E-state index in [0.717, 1.165) is 21.4 Å². The Balaban J connectivity index is 1.31. The number of benzene rings is 3. The lowest BCUT2D eigenvalue weighted by Gasteiger charge is -2.10. The molecule has 6 nitrogen and oxygen atoms in total. The van der Waals surface area contributed by atoms with Gasteiger partial charge in [0.15, 0.2) is 0 Å². The molecule has 4 rings (SSSR count). The monoisotopic (exact) mass is 466 g/mol. The van der Waals surface area contributed by atoms with E-state index in [1.807, 2.05) is 60.0 Å². The molecular weight excluding hydrogens is 444 g/mol. The van der Waals surface area contributed by atoms with E-state index >= 15 is 0 Å². The van der Waals surface area contributed by atoms with Crippen molar-refractivity contribution in [1.29, 1.82) is 0 Å². The minimum atomic E-state index is -3.72. The SMILES string of the molecule is O=C(NCCOc1ccc2ccccc2c1)c1cccc(S(=O)(=O)NCc2cccs2)c1. The summed E-state index contributed by atoms with van der Waals surface area (Å²) in [6.45, 7) is 0.798. The Kier molecular flexibility index (Phi) is 6.84. The van der Waals surface area contributed by atoms with E-state index in [2.05, 4.69) is 10.0 Å². The van der Waals surface area contributed by atoms with Gasteiger partial charge in [0.1, 0.15) is 12.4 Å². The number of rotatable bonds is 9. The number of thiophene rings is 1. The Morgan fingerprint density at radius 3 is 2.56 bits per heavy atom.